The highest BCUT2D eigenvalue weighted by Crippen LogP contribution is 2.31. The average Bonchev–Trinajstić information content (AvgIpc) is 2.31. The van der Waals surface area contributed by atoms with E-state index in [0.29, 0.717) is 11.8 Å². The molecule has 90 valence electrons. The van der Waals surface area contributed by atoms with Crippen LogP contribution in [-0.2, 0) is 6.42 Å². The van der Waals surface area contributed by atoms with E-state index in [9.17, 15) is 4.39 Å². The minimum Gasteiger partial charge on any atom is -0.205 e. The Labute approximate surface area is 111 Å². The first-order valence-corrected chi connectivity index (χ1v) is 6.57. The average molecular weight is 284 g/mol. The quantitative estimate of drug-likeness (QED) is 0.675. The predicted molar refractivity (Wildman–Crippen MR) is 69.3 cm³/mol. The van der Waals surface area contributed by atoms with Crippen LogP contribution in [0.1, 0.15) is 18.9 Å². The van der Waals surface area contributed by atoms with Crippen LogP contribution in [0.2, 0.25) is 5.02 Å². The molecule has 1 aromatic rings. The molecule has 0 aromatic heterocycles. The van der Waals surface area contributed by atoms with Crippen molar-refractivity contribution in [1.82, 2.24) is 0 Å². The maximum atomic E-state index is 13.0. The molecular formula is C12H14Cl3F. The van der Waals surface area contributed by atoms with E-state index in [0.717, 1.165) is 18.4 Å². The summed E-state index contributed by atoms with van der Waals surface area (Å²) >= 11 is 17.6. The van der Waals surface area contributed by atoms with Crippen LogP contribution < -0.4 is 0 Å². The van der Waals surface area contributed by atoms with Crippen LogP contribution in [0, 0.1) is 11.2 Å². The van der Waals surface area contributed by atoms with Gasteiger partial charge in [0.15, 0.2) is 0 Å². The third kappa shape index (κ3) is 3.26. The summed E-state index contributed by atoms with van der Waals surface area (Å²) in [7, 11) is 0. The minimum absolute atomic E-state index is 0.135. The van der Waals surface area contributed by atoms with Crippen molar-refractivity contribution < 1.29 is 4.39 Å². The number of hydrogen-bond donors (Lipinski definition) is 0. The maximum Gasteiger partial charge on any atom is 0.141 e. The van der Waals surface area contributed by atoms with Gasteiger partial charge in [0.2, 0.25) is 0 Å². The Hall–Kier alpha value is 0.0200. The molecule has 1 aromatic carbocycles. The molecule has 4 heteroatoms. The van der Waals surface area contributed by atoms with Gasteiger partial charge >= 0.3 is 0 Å². The van der Waals surface area contributed by atoms with E-state index in [2.05, 4.69) is 6.92 Å². The molecule has 0 saturated heterocycles. The van der Waals surface area contributed by atoms with E-state index in [1.165, 1.54) is 6.07 Å². The Morgan fingerprint density at radius 3 is 2.31 bits per heavy atom. The molecule has 16 heavy (non-hydrogen) atoms. The molecular weight excluding hydrogens is 269 g/mol. The summed E-state index contributed by atoms with van der Waals surface area (Å²) in [5, 5.41) is 0.145. The zero-order valence-electron chi connectivity index (χ0n) is 9.07. The zero-order valence-corrected chi connectivity index (χ0v) is 11.3. The van der Waals surface area contributed by atoms with Crippen LogP contribution in [0.25, 0.3) is 0 Å². The van der Waals surface area contributed by atoms with Crippen molar-refractivity contribution in [3.8, 4) is 0 Å². The topological polar surface area (TPSA) is 0 Å². The smallest absolute Gasteiger partial charge is 0.141 e. The highest BCUT2D eigenvalue weighted by atomic mass is 35.5. The highest BCUT2D eigenvalue weighted by Gasteiger charge is 2.26. The van der Waals surface area contributed by atoms with Crippen molar-refractivity contribution >= 4 is 34.8 Å². The van der Waals surface area contributed by atoms with Crippen molar-refractivity contribution in [1.29, 1.82) is 0 Å². The van der Waals surface area contributed by atoms with Crippen LogP contribution in [0.4, 0.5) is 4.39 Å². The maximum absolute atomic E-state index is 13.0. The standard InChI is InChI=1S/C12H14Cl3F/c1-2-12(7-13,8-14)6-9-3-4-11(16)10(15)5-9/h3-5H,2,6-8H2,1H3. The molecule has 0 atom stereocenters. The second-order valence-corrected chi connectivity index (χ2v) is 4.99. The van der Waals surface area contributed by atoms with Crippen molar-refractivity contribution in [3.63, 3.8) is 0 Å². The van der Waals surface area contributed by atoms with Gasteiger partial charge in [0.25, 0.3) is 0 Å². The minimum atomic E-state index is -0.399. The second-order valence-electron chi connectivity index (χ2n) is 4.05. The van der Waals surface area contributed by atoms with Crippen molar-refractivity contribution in [2.45, 2.75) is 19.8 Å². The van der Waals surface area contributed by atoms with E-state index in [1.807, 2.05) is 0 Å². The van der Waals surface area contributed by atoms with Gasteiger partial charge in [-0.1, -0.05) is 24.6 Å². The van der Waals surface area contributed by atoms with Crippen LogP contribution in [0.3, 0.4) is 0 Å². The molecule has 0 nitrogen and oxygen atoms in total. The first-order valence-electron chi connectivity index (χ1n) is 5.13. The summed E-state index contributed by atoms with van der Waals surface area (Å²) in [5.74, 6) is 0.577. The molecule has 0 spiro atoms. The summed E-state index contributed by atoms with van der Waals surface area (Å²) in [5.41, 5.74) is 0.833. The molecule has 0 fully saturated rings. The van der Waals surface area contributed by atoms with E-state index in [4.69, 9.17) is 34.8 Å². The Balaban J connectivity index is 2.89. The van der Waals surface area contributed by atoms with E-state index in [1.54, 1.807) is 12.1 Å². The van der Waals surface area contributed by atoms with Gasteiger partial charge in [-0.25, -0.2) is 4.39 Å². The molecule has 0 aliphatic rings. The van der Waals surface area contributed by atoms with Gasteiger partial charge in [-0.15, -0.1) is 23.2 Å². The number of benzene rings is 1. The third-order valence-corrected chi connectivity index (χ3v) is 4.30. The zero-order chi connectivity index (χ0) is 12.2. The lowest BCUT2D eigenvalue weighted by atomic mass is 9.83. The molecule has 0 heterocycles. The first kappa shape index (κ1) is 14.1. The lowest BCUT2D eigenvalue weighted by Crippen LogP contribution is -2.27. The summed E-state index contributed by atoms with van der Waals surface area (Å²) < 4.78 is 13.0. The lowest BCUT2D eigenvalue weighted by molar-refractivity contribution is 0.362. The molecule has 0 radical (unpaired) electrons. The summed E-state index contributed by atoms with van der Waals surface area (Å²) in [4.78, 5) is 0. The largest absolute Gasteiger partial charge is 0.205 e. The Bertz CT molecular complexity index is 340. The molecule has 0 saturated carbocycles. The van der Waals surface area contributed by atoms with Gasteiger partial charge in [-0.2, -0.15) is 0 Å². The van der Waals surface area contributed by atoms with Crippen LogP contribution in [0.15, 0.2) is 18.2 Å². The molecule has 0 amide bonds. The van der Waals surface area contributed by atoms with Crippen LogP contribution in [-0.4, -0.2) is 11.8 Å². The van der Waals surface area contributed by atoms with Gasteiger partial charge in [0.1, 0.15) is 5.82 Å². The summed E-state index contributed by atoms with van der Waals surface area (Å²) in [6, 6.07) is 4.74. The Kier molecular flexibility index (Phi) is 5.36. The van der Waals surface area contributed by atoms with Crippen LogP contribution in [0.5, 0.6) is 0 Å². The summed E-state index contributed by atoms with van der Waals surface area (Å²) in [6.45, 7) is 2.05. The predicted octanol–water partition coefficient (Wildman–Crippen LogP) is 4.90. The van der Waals surface area contributed by atoms with Gasteiger partial charge < -0.3 is 0 Å². The normalized spacial score (nSPS) is 11.8. The Morgan fingerprint density at radius 1 is 1.25 bits per heavy atom. The third-order valence-electron chi connectivity index (χ3n) is 2.88. The fourth-order valence-electron chi connectivity index (χ4n) is 1.53. The Morgan fingerprint density at radius 2 is 1.88 bits per heavy atom. The van der Waals surface area contributed by atoms with Crippen molar-refractivity contribution in [3.05, 3.63) is 34.6 Å². The van der Waals surface area contributed by atoms with Crippen molar-refractivity contribution in [2.24, 2.45) is 5.41 Å². The molecule has 0 N–H and O–H groups in total. The number of alkyl halides is 2. The van der Waals surface area contributed by atoms with Gasteiger partial charge in [-0.3, -0.25) is 0 Å². The molecule has 0 aliphatic heterocycles. The van der Waals surface area contributed by atoms with Gasteiger partial charge in [-0.05, 0) is 30.5 Å². The lowest BCUT2D eigenvalue weighted by Gasteiger charge is -2.28. The monoisotopic (exact) mass is 282 g/mol. The van der Waals surface area contributed by atoms with E-state index < -0.39 is 5.82 Å². The van der Waals surface area contributed by atoms with Crippen molar-refractivity contribution in [2.75, 3.05) is 11.8 Å². The number of hydrogen-bond acceptors (Lipinski definition) is 0. The summed E-state index contributed by atoms with van der Waals surface area (Å²) in [6.07, 6.45) is 1.60. The van der Waals surface area contributed by atoms with E-state index in [-0.39, 0.29) is 10.4 Å². The fourth-order valence-corrected chi connectivity index (χ4v) is 2.58. The molecule has 1 rings (SSSR count). The van der Waals surface area contributed by atoms with Gasteiger partial charge in [0.05, 0.1) is 5.02 Å². The number of rotatable bonds is 5. The SMILES string of the molecule is CCC(CCl)(CCl)Cc1ccc(F)c(Cl)c1. The van der Waals surface area contributed by atoms with Gasteiger partial charge in [0, 0.05) is 17.2 Å². The second kappa shape index (κ2) is 6.09. The first-order chi connectivity index (χ1) is 7.56. The van der Waals surface area contributed by atoms with E-state index >= 15 is 0 Å². The highest BCUT2D eigenvalue weighted by molar-refractivity contribution is 6.30. The van der Waals surface area contributed by atoms with Crippen LogP contribution >= 0.6 is 34.8 Å². The fraction of sp³-hybridized carbons (Fsp3) is 0.500. The molecule has 0 unspecified atom stereocenters. The number of halogens is 4. The molecule has 0 aliphatic carbocycles. The molecule has 0 bridgehead atoms.